The summed E-state index contributed by atoms with van der Waals surface area (Å²) in [6.45, 7) is 4.37. The fourth-order valence-electron chi connectivity index (χ4n) is 4.21. The molecule has 4 rings (SSSR count). The van der Waals surface area contributed by atoms with Crippen molar-refractivity contribution in [2.75, 3.05) is 35.3 Å². The highest BCUT2D eigenvalue weighted by Crippen LogP contribution is 2.42. The second-order valence-electron chi connectivity index (χ2n) is 9.80. The Morgan fingerprint density at radius 2 is 1.62 bits per heavy atom. The number of hydrogen-bond donors (Lipinski definition) is 1. The van der Waals surface area contributed by atoms with Gasteiger partial charge in [-0.1, -0.05) is 61.3 Å². The Bertz CT molecular complexity index is 1380. The molecule has 0 saturated carbocycles. The van der Waals surface area contributed by atoms with Gasteiger partial charge in [0.05, 0.1) is 21.4 Å². The van der Waals surface area contributed by atoms with Gasteiger partial charge in [0.2, 0.25) is 0 Å². The van der Waals surface area contributed by atoms with E-state index in [-0.39, 0.29) is 21.7 Å². The molecule has 0 saturated heterocycles. The standard InChI is InChI=1S/C29H30Cl2N4O4/c1-18(2)13-14-34-24-16-22(30)23(31)17-25(24)35(19-9-6-5-7-10-19)28(37)26(27(34)36)32-29(38)39-21-12-8-11-20(15-21)33(3)4/h5-12,15-18,26H,13-14H2,1-4H3,(H,32,38)/t26-/m0/s1. The Labute approximate surface area is 238 Å². The van der Waals surface area contributed by atoms with Crippen LogP contribution in [0, 0.1) is 5.92 Å². The topological polar surface area (TPSA) is 82.2 Å². The molecule has 0 spiro atoms. The lowest BCUT2D eigenvalue weighted by atomic mass is 10.1. The van der Waals surface area contributed by atoms with Crippen LogP contribution in [0.1, 0.15) is 20.3 Å². The van der Waals surface area contributed by atoms with Crippen molar-refractivity contribution in [2.45, 2.75) is 26.3 Å². The molecule has 10 heteroatoms. The third kappa shape index (κ3) is 6.29. The molecule has 0 bridgehead atoms. The number of para-hydroxylation sites is 1. The molecule has 0 radical (unpaired) electrons. The normalized spacial score (nSPS) is 15.2. The highest BCUT2D eigenvalue weighted by Gasteiger charge is 2.42. The molecule has 0 fully saturated rings. The first-order valence-corrected chi connectivity index (χ1v) is 13.3. The quantitative estimate of drug-likeness (QED) is 0.339. The number of halogens is 2. The number of fused-ring (bicyclic) bond motifs is 1. The number of nitrogens with one attached hydrogen (secondary N) is 1. The third-order valence-electron chi connectivity index (χ3n) is 6.28. The van der Waals surface area contributed by atoms with Gasteiger partial charge in [-0.05, 0) is 48.7 Å². The van der Waals surface area contributed by atoms with Gasteiger partial charge in [-0.15, -0.1) is 0 Å². The predicted octanol–water partition coefficient (Wildman–Crippen LogP) is 6.27. The van der Waals surface area contributed by atoms with Crippen LogP contribution in [0.5, 0.6) is 5.75 Å². The van der Waals surface area contributed by atoms with Crippen LogP contribution in [0.2, 0.25) is 10.0 Å². The lowest BCUT2D eigenvalue weighted by Crippen LogP contribution is -2.55. The molecule has 1 heterocycles. The minimum atomic E-state index is -1.56. The van der Waals surface area contributed by atoms with Crippen LogP contribution in [-0.4, -0.2) is 44.6 Å². The van der Waals surface area contributed by atoms with Gasteiger partial charge in [-0.2, -0.15) is 0 Å². The van der Waals surface area contributed by atoms with E-state index < -0.39 is 23.9 Å². The van der Waals surface area contributed by atoms with Crippen molar-refractivity contribution in [3.63, 3.8) is 0 Å². The third-order valence-corrected chi connectivity index (χ3v) is 7.00. The zero-order valence-electron chi connectivity index (χ0n) is 22.2. The number of nitrogens with zero attached hydrogens (tertiary/aromatic N) is 3. The molecule has 3 aromatic carbocycles. The first-order valence-electron chi connectivity index (χ1n) is 12.5. The minimum absolute atomic E-state index is 0.229. The van der Waals surface area contributed by atoms with Crippen LogP contribution in [0.15, 0.2) is 66.7 Å². The second kappa shape index (κ2) is 12.0. The van der Waals surface area contributed by atoms with Crippen LogP contribution in [-0.2, 0) is 9.59 Å². The van der Waals surface area contributed by atoms with Gasteiger partial charge in [-0.25, -0.2) is 4.79 Å². The van der Waals surface area contributed by atoms with Crippen molar-refractivity contribution < 1.29 is 19.1 Å². The first-order chi connectivity index (χ1) is 18.6. The number of anilines is 4. The summed E-state index contributed by atoms with van der Waals surface area (Å²) in [7, 11) is 3.73. The van der Waals surface area contributed by atoms with E-state index >= 15 is 0 Å². The number of carbonyl (C=O) groups is 3. The Balaban J connectivity index is 1.76. The van der Waals surface area contributed by atoms with E-state index in [9.17, 15) is 14.4 Å². The molecule has 1 atom stereocenters. The summed E-state index contributed by atoms with van der Waals surface area (Å²) in [5, 5.41) is 2.98. The lowest BCUT2D eigenvalue weighted by Gasteiger charge is -2.26. The molecule has 8 nitrogen and oxygen atoms in total. The summed E-state index contributed by atoms with van der Waals surface area (Å²) in [5.74, 6) is -0.714. The summed E-state index contributed by atoms with van der Waals surface area (Å²) >= 11 is 12.8. The van der Waals surface area contributed by atoms with Gasteiger partial charge in [-0.3, -0.25) is 14.5 Å². The Hall–Kier alpha value is -3.75. The van der Waals surface area contributed by atoms with Crippen LogP contribution in [0.25, 0.3) is 0 Å². The molecule has 3 aromatic rings. The number of benzene rings is 3. The van der Waals surface area contributed by atoms with Crippen molar-refractivity contribution in [1.29, 1.82) is 0 Å². The number of rotatable bonds is 7. The van der Waals surface area contributed by atoms with Gasteiger partial charge in [0.25, 0.3) is 11.8 Å². The van der Waals surface area contributed by atoms with E-state index in [4.69, 9.17) is 27.9 Å². The first kappa shape index (κ1) is 28.3. The van der Waals surface area contributed by atoms with Gasteiger partial charge < -0.3 is 19.9 Å². The highest BCUT2D eigenvalue weighted by atomic mass is 35.5. The van der Waals surface area contributed by atoms with Gasteiger partial charge >= 0.3 is 6.09 Å². The number of ether oxygens (including phenoxy) is 1. The molecule has 1 aliphatic rings. The molecule has 0 unspecified atom stereocenters. The van der Waals surface area contributed by atoms with E-state index in [2.05, 4.69) is 5.32 Å². The Kier molecular flexibility index (Phi) is 8.67. The monoisotopic (exact) mass is 568 g/mol. The van der Waals surface area contributed by atoms with Crippen LogP contribution >= 0.6 is 23.2 Å². The summed E-state index contributed by atoms with van der Waals surface area (Å²) < 4.78 is 5.47. The fourth-order valence-corrected chi connectivity index (χ4v) is 4.53. The molecular formula is C29H30Cl2N4O4. The Morgan fingerprint density at radius 1 is 0.949 bits per heavy atom. The van der Waals surface area contributed by atoms with E-state index in [0.29, 0.717) is 30.0 Å². The molecule has 39 heavy (non-hydrogen) atoms. The number of hydrogen-bond acceptors (Lipinski definition) is 5. The van der Waals surface area contributed by atoms with Crippen molar-refractivity contribution in [2.24, 2.45) is 5.92 Å². The highest BCUT2D eigenvalue weighted by molar-refractivity contribution is 6.43. The van der Waals surface area contributed by atoms with Crippen molar-refractivity contribution in [1.82, 2.24) is 5.32 Å². The summed E-state index contributed by atoms with van der Waals surface area (Å²) in [6.07, 6.45) is -0.282. The largest absolute Gasteiger partial charge is 0.413 e. The van der Waals surface area contributed by atoms with E-state index in [1.807, 2.05) is 45.0 Å². The lowest BCUT2D eigenvalue weighted by molar-refractivity contribution is -0.128. The number of amides is 3. The molecule has 0 aromatic heterocycles. The van der Waals surface area contributed by atoms with Crippen molar-refractivity contribution >= 4 is 63.9 Å². The Morgan fingerprint density at radius 3 is 2.26 bits per heavy atom. The smallest absolute Gasteiger partial charge is 0.410 e. The summed E-state index contributed by atoms with van der Waals surface area (Å²) in [4.78, 5) is 45.8. The molecule has 204 valence electrons. The fraction of sp³-hybridized carbons (Fsp3) is 0.276. The average Bonchev–Trinajstić information content (AvgIpc) is 2.97. The van der Waals surface area contributed by atoms with Gasteiger partial charge in [0.15, 0.2) is 6.04 Å². The zero-order valence-corrected chi connectivity index (χ0v) is 23.7. The summed E-state index contributed by atoms with van der Waals surface area (Å²) in [6, 6.07) is 17.3. The van der Waals surface area contributed by atoms with Crippen molar-refractivity contribution in [3.8, 4) is 5.75 Å². The molecular weight excluding hydrogens is 539 g/mol. The zero-order chi connectivity index (χ0) is 28.3. The summed E-state index contributed by atoms with van der Waals surface area (Å²) in [5.41, 5.74) is 2.12. The maximum atomic E-state index is 14.1. The molecule has 0 aliphatic carbocycles. The van der Waals surface area contributed by atoms with Crippen molar-refractivity contribution in [3.05, 3.63) is 76.8 Å². The number of carbonyl (C=O) groups excluding carboxylic acids is 3. The van der Waals surface area contributed by atoms with E-state index in [1.54, 1.807) is 54.6 Å². The van der Waals surface area contributed by atoms with E-state index in [0.717, 1.165) is 5.69 Å². The van der Waals surface area contributed by atoms with Gasteiger partial charge in [0, 0.05) is 38.1 Å². The minimum Gasteiger partial charge on any atom is -0.410 e. The maximum Gasteiger partial charge on any atom is 0.413 e. The molecule has 1 aliphatic heterocycles. The maximum absolute atomic E-state index is 14.1. The SMILES string of the molecule is CC(C)CCN1C(=O)[C@H](NC(=O)Oc2cccc(N(C)C)c2)C(=O)N(c2ccccc2)c2cc(Cl)c(Cl)cc21. The van der Waals surface area contributed by atoms with E-state index in [1.165, 1.54) is 9.80 Å². The average molecular weight is 569 g/mol. The van der Waals surface area contributed by atoms with Crippen LogP contribution in [0.3, 0.4) is 0 Å². The van der Waals surface area contributed by atoms with Crippen LogP contribution in [0.4, 0.5) is 27.5 Å². The molecule has 3 amide bonds. The van der Waals surface area contributed by atoms with Crippen LogP contribution < -0.4 is 24.8 Å². The second-order valence-corrected chi connectivity index (χ2v) is 10.6. The van der Waals surface area contributed by atoms with Gasteiger partial charge in [0.1, 0.15) is 5.75 Å². The predicted molar refractivity (Wildman–Crippen MR) is 156 cm³/mol. The molecule has 1 N–H and O–H groups in total.